The molecule has 130 valence electrons. The van der Waals surface area contributed by atoms with Crippen LogP contribution in [-0.2, 0) is 11.5 Å². The van der Waals surface area contributed by atoms with Crippen LogP contribution in [0.25, 0.3) is 0 Å². The van der Waals surface area contributed by atoms with Gasteiger partial charge in [-0.3, -0.25) is 0 Å². The van der Waals surface area contributed by atoms with Crippen molar-refractivity contribution >= 4 is 26.0 Å². The van der Waals surface area contributed by atoms with Crippen molar-refractivity contribution in [2.45, 2.75) is 12.8 Å². The van der Waals surface area contributed by atoms with E-state index in [0.29, 0.717) is 28.2 Å². The van der Waals surface area contributed by atoms with Crippen molar-refractivity contribution in [1.82, 2.24) is 14.8 Å². The third kappa shape index (κ3) is 5.05. The molecule has 2 aromatic heterocycles. The minimum Gasteiger partial charge on any atom is -0.382 e. The fraction of sp³-hybridized carbons (Fsp3) is 0.438. The number of ether oxygens (including phenoxy) is 1. The smallest absolute Gasteiger partial charge is 0.141 e. The molecule has 0 aliphatic heterocycles. The number of nitrogens with zero attached hydrogens (tertiary/aromatic N) is 4. The van der Waals surface area contributed by atoms with Crippen LogP contribution in [0.3, 0.4) is 0 Å². The van der Waals surface area contributed by atoms with E-state index in [1.54, 1.807) is 24.4 Å². The molecule has 0 saturated heterocycles. The van der Waals surface area contributed by atoms with Gasteiger partial charge in [-0.05, 0) is 40.8 Å². The van der Waals surface area contributed by atoms with Crippen molar-refractivity contribution in [1.29, 1.82) is 5.26 Å². The standard InChI is InChI=1S/C16H21BrN4O2S/c1-24(2,3)8-7-23-11-21-12(10-18)9-14(20-21)15(22)13-5-4-6-19-16(13)17/h4-6,9,15,22H,7-8,11H2,1-3H3. The number of pyridine rings is 1. The summed E-state index contributed by atoms with van der Waals surface area (Å²) in [5.74, 6) is 0.994. The number of nitriles is 1. The highest BCUT2D eigenvalue weighted by Crippen LogP contribution is 2.33. The fourth-order valence-corrected chi connectivity index (χ4v) is 3.07. The molecular formula is C16H21BrN4O2S. The summed E-state index contributed by atoms with van der Waals surface area (Å²) in [5.41, 5.74) is 1.35. The van der Waals surface area contributed by atoms with Crippen LogP contribution in [0.15, 0.2) is 29.0 Å². The van der Waals surface area contributed by atoms with E-state index in [4.69, 9.17) is 4.74 Å². The van der Waals surface area contributed by atoms with Crippen LogP contribution >= 0.6 is 26.0 Å². The van der Waals surface area contributed by atoms with Gasteiger partial charge in [0.2, 0.25) is 0 Å². The SMILES string of the molecule is CS(C)(C)CCOCn1nc(C(O)c2cccnc2Br)cc1C#N. The Morgan fingerprint density at radius 3 is 2.83 bits per heavy atom. The van der Waals surface area contributed by atoms with Crippen molar-refractivity contribution in [3.63, 3.8) is 0 Å². The molecule has 1 unspecified atom stereocenters. The van der Waals surface area contributed by atoms with Crippen molar-refractivity contribution in [2.24, 2.45) is 0 Å². The zero-order valence-electron chi connectivity index (χ0n) is 13.9. The summed E-state index contributed by atoms with van der Waals surface area (Å²) < 4.78 is 7.65. The van der Waals surface area contributed by atoms with E-state index in [-0.39, 0.29) is 6.73 Å². The molecule has 1 N–H and O–H groups in total. The van der Waals surface area contributed by atoms with Gasteiger partial charge in [-0.1, -0.05) is 6.07 Å². The van der Waals surface area contributed by atoms with Crippen LogP contribution in [0.5, 0.6) is 0 Å². The lowest BCUT2D eigenvalue weighted by Gasteiger charge is -2.24. The third-order valence-electron chi connectivity index (χ3n) is 3.33. The van der Waals surface area contributed by atoms with Gasteiger partial charge in [0.05, 0.1) is 12.3 Å². The predicted octanol–water partition coefficient (Wildman–Crippen LogP) is 2.66. The predicted molar refractivity (Wildman–Crippen MR) is 99.1 cm³/mol. The Morgan fingerprint density at radius 2 is 2.21 bits per heavy atom. The Balaban J connectivity index is 2.10. The molecule has 0 amide bonds. The number of halogens is 1. The Hall–Kier alpha value is -1.40. The number of hydrogen-bond acceptors (Lipinski definition) is 5. The minimum absolute atomic E-state index is 0.194. The number of aromatic nitrogens is 3. The van der Waals surface area contributed by atoms with Gasteiger partial charge in [0.15, 0.2) is 0 Å². The second-order valence-corrected chi connectivity index (χ2v) is 11.5. The van der Waals surface area contributed by atoms with Gasteiger partial charge in [0, 0.05) is 23.6 Å². The van der Waals surface area contributed by atoms with Gasteiger partial charge in [-0.2, -0.15) is 10.4 Å². The van der Waals surface area contributed by atoms with E-state index in [2.05, 4.69) is 50.8 Å². The van der Waals surface area contributed by atoms with Crippen LogP contribution in [-0.4, -0.2) is 51.0 Å². The number of aliphatic hydroxyl groups is 1. The zero-order chi connectivity index (χ0) is 17.7. The van der Waals surface area contributed by atoms with Gasteiger partial charge < -0.3 is 9.84 Å². The normalized spacial score (nSPS) is 13.5. The number of aliphatic hydroxyl groups excluding tert-OH is 1. The summed E-state index contributed by atoms with van der Waals surface area (Å²) in [6.45, 7) is 0.814. The molecule has 0 aromatic carbocycles. The molecular weight excluding hydrogens is 392 g/mol. The molecule has 0 aliphatic rings. The number of hydrogen-bond donors (Lipinski definition) is 1. The molecule has 0 aliphatic carbocycles. The highest BCUT2D eigenvalue weighted by Gasteiger charge is 2.19. The average Bonchev–Trinajstić information content (AvgIpc) is 2.94. The zero-order valence-corrected chi connectivity index (χ0v) is 16.3. The maximum absolute atomic E-state index is 10.5. The molecule has 0 fully saturated rings. The molecule has 1 atom stereocenters. The van der Waals surface area contributed by atoms with Crippen LogP contribution < -0.4 is 0 Å². The molecule has 2 aromatic rings. The highest BCUT2D eigenvalue weighted by molar-refractivity contribution is 9.10. The summed E-state index contributed by atoms with van der Waals surface area (Å²) in [6, 6.07) is 7.15. The van der Waals surface area contributed by atoms with E-state index < -0.39 is 16.1 Å². The fourth-order valence-electron chi connectivity index (χ4n) is 1.98. The third-order valence-corrected chi connectivity index (χ3v) is 5.38. The van der Waals surface area contributed by atoms with Gasteiger partial charge in [-0.25, -0.2) is 19.7 Å². The molecule has 24 heavy (non-hydrogen) atoms. The van der Waals surface area contributed by atoms with Crippen molar-refractivity contribution in [2.75, 3.05) is 31.1 Å². The summed E-state index contributed by atoms with van der Waals surface area (Å²) in [4.78, 5) is 4.09. The first-order valence-corrected chi connectivity index (χ1v) is 11.1. The van der Waals surface area contributed by atoms with Crippen molar-refractivity contribution < 1.29 is 9.84 Å². The van der Waals surface area contributed by atoms with Gasteiger partial charge in [-0.15, -0.1) is 0 Å². The monoisotopic (exact) mass is 412 g/mol. The van der Waals surface area contributed by atoms with Crippen LogP contribution in [0.1, 0.15) is 23.1 Å². The van der Waals surface area contributed by atoms with Crippen molar-refractivity contribution in [3.05, 3.63) is 46.0 Å². The maximum atomic E-state index is 10.5. The van der Waals surface area contributed by atoms with Gasteiger partial charge in [0.25, 0.3) is 0 Å². The summed E-state index contributed by atoms with van der Waals surface area (Å²) in [7, 11) is -0.615. The van der Waals surface area contributed by atoms with E-state index >= 15 is 0 Å². The first kappa shape index (κ1) is 18.9. The molecule has 0 bridgehead atoms. The largest absolute Gasteiger partial charge is 0.382 e. The Morgan fingerprint density at radius 1 is 1.46 bits per heavy atom. The molecule has 6 nitrogen and oxygen atoms in total. The van der Waals surface area contributed by atoms with E-state index in [9.17, 15) is 10.4 Å². The molecule has 2 heterocycles. The Bertz CT molecular complexity index is 736. The molecule has 2 rings (SSSR count). The lowest BCUT2D eigenvalue weighted by atomic mass is 10.1. The number of rotatable bonds is 7. The van der Waals surface area contributed by atoms with Crippen LogP contribution in [0.2, 0.25) is 0 Å². The van der Waals surface area contributed by atoms with E-state index in [1.807, 2.05) is 0 Å². The topological polar surface area (TPSA) is 84.0 Å². The first-order chi connectivity index (χ1) is 11.3. The molecule has 0 radical (unpaired) electrons. The van der Waals surface area contributed by atoms with Crippen LogP contribution in [0, 0.1) is 11.3 Å². The first-order valence-electron chi connectivity index (χ1n) is 7.32. The summed E-state index contributed by atoms with van der Waals surface area (Å²) in [6.07, 6.45) is 7.35. The quantitative estimate of drug-likeness (QED) is 0.557. The van der Waals surface area contributed by atoms with E-state index in [0.717, 1.165) is 5.75 Å². The molecule has 8 heteroatoms. The lowest BCUT2D eigenvalue weighted by molar-refractivity contribution is 0.0791. The average molecular weight is 413 g/mol. The Labute approximate surface area is 151 Å². The second kappa shape index (κ2) is 8.12. The minimum atomic E-state index is -0.958. The summed E-state index contributed by atoms with van der Waals surface area (Å²) >= 11 is 3.31. The lowest BCUT2D eigenvalue weighted by Crippen LogP contribution is -2.12. The van der Waals surface area contributed by atoms with Crippen molar-refractivity contribution in [3.8, 4) is 6.07 Å². The Kier molecular flexibility index (Phi) is 6.40. The van der Waals surface area contributed by atoms with Gasteiger partial charge >= 0.3 is 0 Å². The van der Waals surface area contributed by atoms with Gasteiger partial charge in [0.1, 0.15) is 29.2 Å². The highest BCUT2D eigenvalue weighted by atomic mass is 79.9. The molecule has 0 saturated carbocycles. The maximum Gasteiger partial charge on any atom is 0.141 e. The summed E-state index contributed by atoms with van der Waals surface area (Å²) in [5, 5.41) is 24.1. The second-order valence-electron chi connectivity index (χ2n) is 6.18. The molecule has 0 spiro atoms. The van der Waals surface area contributed by atoms with Crippen LogP contribution in [0.4, 0.5) is 0 Å². The van der Waals surface area contributed by atoms with E-state index in [1.165, 1.54) is 4.68 Å².